The first-order valence-corrected chi connectivity index (χ1v) is 46.6. The number of para-hydroxylation sites is 2. The number of aromatic nitrogens is 4. The molecule has 11 nitrogen and oxygen atoms in total. The second-order valence-corrected chi connectivity index (χ2v) is 37.8. The minimum absolute atomic E-state index is 0. The Bertz CT molecular complexity index is 5360. The summed E-state index contributed by atoms with van der Waals surface area (Å²) in [5.74, 6) is 1.99. The number of hydrogen-bond acceptors (Lipinski definition) is 10. The first-order valence-electron chi connectivity index (χ1n) is 41.2. The second kappa shape index (κ2) is 46.9. The zero-order valence-corrected chi connectivity index (χ0v) is 74.3. The van der Waals surface area contributed by atoms with E-state index in [2.05, 4.69) is 440 Å². The largest absolute Gasteiger partial charge is 0.526 e. The molecule has 15 aromatic carbocycles. The van der Waals surface area contributed by atoms with Crippen molar-refractivity contribution in [3.05, 3.63) is 461 Å². The standard InChI is InChI=1S/C27H30N6O2.4C18H15P.C8H7BO3.Pd/c1-4-21(15-34)30-27-31-25(24-26(32-27)33(16-29-24)17(2)3)28-14-18-9-11-19(12-10-18)23-13-20-7-5-6-8-22(20)35-23;4*1-4-10-16(11-5-1)19(17-12-6-2-7-13-17)18-14-8-3-9-15-18;10-9(11)8-5-6-3-1-2-4-7(6)12-8;/h5-13,16-17,21,34H,4,14-15H2,1-3H3,(H2,28,30,31,32);4*1-15H;1-5,10-11H;/t21-;;;;;;/m1....../s1. The molecular weight excluding hydrogens is 1690 g/mol. The fourth-order valence-electron chi connectivity index (χ4n) is 13.9. The van der Waals surface area contributed by atoms with Crippen LogP contribution in [-0.2, 0) is 27.0 Å². The minimum Gasteiger partial charge on any atom is -0.465 e. The Morgan fingerprint density at radius 1 is 0.363 bits per heavy atom. The zero-order chi connectivity index (χ0) is 84.6. The number of fused-ring (bicyclic) bond motifs is 3. The molecule has 17 heteroatoms. The molecule has 19 aromatic rings. The summed E-state index contributed by atoms with van der Waals surface area (Å²) in [5, 5.41) is 52.6. The van der Waals surface area contributed by atoms with Crippen LogP contribution in [0.25, 0.3) is 44.4 Å². The normalized spacial score (nSPS) is 11.0. The van der Waals surface area contributed by atoms with Crippen LogP contribution in [-0.4, -0.2) is 54.4 Å². The first kappa shape index (κ1) is 89.6. The van der Waals surface area contributed by atoms with Crippen molar-refractivity contribution in [3.63, 3.8) is 0 Å². The Morgan fingerprint density at radius 2 is 0.653 bits per heavy atom. The van der Waals surface area contributed by atoms with Gasteiger partial charge in [-0.15, -0.1) is 0 Å². The van der Waals surface area contributed by atoms with Gasteiger partial charge in [-0.1, -0.05) is 432 Å². The van der Waals surface area contributed by atoms with Crippen molar-refractivity contribution < 1.29 is 44.4 Å². The van der Waals surface area contributed by atoms with E-state index in [1.54, 1.807) is 18.5 Å². The molecule has 124 heavy (non-hydrogen) atoms. The third-order valence-electron chi connectivity index (χ3n) is 20.0. The van der Waals surface area contributed by atoms with E-state index >= 15 is 0 Å². The van der Waals surface area contributed by atoms with Gasteiger partial charge in [-0.3, -0.25) is 0 Å². The van der Waals surface area contributed by atoms with Crippen molar-refractivity contribution in [2.75, 3.05) is 17.2 Å². The molecule has 0 amide bonds. The first-order chi connectivity index (χ1) is 60.6. The smallest absolute Gasteiger partial charge is 0.465 e. The van der Waals surface area contributed by atoms with Gasteiger partial charge in [0.2, 0.25) is 5.95 Å². The summed E-state index contributed by atoms with van der Waals surface area (Å²) in [4.78, 5) is 13.9. The SMILES string of the molecule is CC[C@H](CO)Nc1nc(NCc2ccc(-c3cc4ccccc4o3)cc2)c2ncn(C(C)C)c2n1.OB(O)c1cc2ccccc2o1.[Pd].c1ccc(P(c2ccccc2)c2ccccc2)cc1.c1ccc(P(c2ccccc2)c2ccccc2)cc1.c1ccc(P(c2ccccc2)c2ccccc2)cc1.c1ccc(P(c2ccccc2)c2ccccc2)cc1. The number of rotatable bonds is 22. The molecule has 4 heterocycles. The maximum Gasteiger partial charge on any atom is 0.526 e. The maximum atomic E-state index is 9.61. The van der Waals surface area contributed by atoms with E-state index in [0.29, 0.717) is 23.9 Å². The number of furan rings is 2. The van der Waals surface area contributed by atoms with Gasteiger partial charge in [0.15, 0.2) is 17.0 Å². The summed E-state index contributed by atoms with van der Waals surface area (Å²) in [7, 11) is -3.31. The summed E-state index contributed by atoms with van der Waals surface area (Å²) in [6, 6.07) is 157. The third-order valence-corrected chi connectivity index (χ3v) is 29.8. The van der Waals surface area contributed by atoms with E-state index in [0.717, 1.165) is 50.8 Å². The second-order valence-electron chi connectivity index (χ2n) is 28.9. The van der Waals surface area contributed by atoms with Gasteiger partial charge in [0.1, 0.15) is 22.6 Å². The van der Waals surface area contributed by atoms with E-state index in [1.807, 2.05) is 47.9 Å². The number of imidazole rings is 1. The molecule has 0 aliphatic carbocycles. The Labute approximate surface area is 746 Å². The minimum atomic E-state index is -1.53. The third kappa shape index (κ3) is 24.6. The van der Waals surface area contributed by atoms with E-state index in [-0.39, 0.29) is 44.8 Å². The monoisotopic (exact) mass is 1790 g/mol. The number of nitrogens with zero attached hydrogens (tertiary/aromatic N) is 4. The number of anilines is 2. The van der Waals surface area contributed by atoms with E-state index in [9.17, 15) is 5.11 Å². The average Bonchev–Trinajstić information content (AvgIpc) is 1.60. The molecule has 0 radical (unpaired) electrons. The van der Waals surface area contributed by atoms with Gasteiger partial charge in [-0.05, 0) is 145 Å². The van der Waals surface area contributed by atoms with Crippen LogP contribution in [0.1, 0.15) is 38.8 Å². The van der Waals surface area contributed by atoms with Gasteiger partial charge in [0.25, 0.3) is 0 Å². The summed E-state index contributed by atoms with van der Waals surface area (Å²) < 4.78 is 13.1. The van der Waals surface area contributed by atoms with Crippen LogP contribution in [0.4, 0.5) is 11.8 Å². The molecule has 0 spiro atoms. The molecule has 0 aliphatic heterocycles. The summed E-state index contributed by atoms with van der Waals surface area (Å²) in [6.45, 7) is 6.80. The van der Waals surface area contributed by atoms with E-state index in [1.165, 1.54) is 63.7 Å². The Balaban J connectivity index is 0.000000132. The van der Waals surface area contributed by atoms with E-state index < -0.39 is 38.8 Å². The fraction of sp³-hybridized carbons (Fsp3) is 0.0748. The molecular formula is C107H97BN6O5P4Pd. The Kier molecular flexibility index (Phi) is 33.9. The van der Waals surface area contributed by atoms with Gasteiger partial charge in [-0.2, -0.15) is 9.97 Å². The molecule has 5 N–H and O–H groups in total. The molecule has 0 fully saturated rings. The van der Waals surface area contributed by atoms with Crippen LogP contribution >= 0.6 is 31.7 Å². The van der Waals surface area contributed by atoms with Crippen LogP contribution in [0.5, 0.6) is 0 Å². The molecule has 0 aliphatic rings. The summed E-state index contributed by atoms with van der Waals surface area (Å²) in [6.07, 6.45) is 2.56. The van der Waals surface area contributed by atoms with Gasteiger partial charge in [0, 0.05) is 49.3 Å². The molecule has 19 rings (SSSR count). The number of aliphatic hydroxyl groups is 1. The molecule has 4 aromatic heterocycles. The van der Waals surface area contributed by atoms with Gasteiger partial charge >= 0.3 is 7.12 Å². The molecule has 0 bridgehead atoms. The number of nitrogens with one attached hydrogen (secondary N) is 2. The summed E-state index contributed by atoms with van der Waals surface area (Å²) >= 11 is 0. The van der Waals surface area contributed by atoms with Crippen LogP contribution in [0.3, 0.4) is 0 Å². The van der Waals surface area contributed by atoms with Crippen LogP contribution < -0.4 is 79.9 Å². The predicted octanol–water partition coefficient (Wildman–Crippen LogP) is 19.5. The number of aliphatic hydroxyl groups excluding tert-OH is 1. The zero-order valence-electron chi connectivity index (χ0n) is 69.2. The molecule has 0 unspecified atom stereocenters. The van der Waals surface area contributed by atoms with Gasteiger partial charge in [-0.25, -0.2) is 4.98 Å². The number of benzene rings is 15. The molecule has 1 atom stereocenters. The maximum absolute atomic E-state index is 9.61. The van der Waals surface area contributed by atoms with Crippen molar-refractivity contribution in [2.24, 2.45) is 0 Å². The summed E-state index contributed by atoms with van der Waals surface area (Å²) in [5.41, 5.74) is 5.35. The fourth-order valence-corrected chi connectivity index (χ4v) is 23.1. The van der Waals surface area contributed by atoms with Gasteiger partial charge < -0.3 is 39.2 Å². The van der Waals surface area contributed by atoms with Crippen molar-refractivity contribution in [1.82, 2.24) is 19.5 Å². The molecule has 0 saturated heterocycles. The van der Waals surface area contributed by atoms with Crippen molar-refractivity contribution >= 4 is 153 Å². The van der Waals surface area contributed by atoms with Gasteiger partial charge in [0.05, 0.1) is 19.0 Å². The molecule has 0 saturated carbocycles. The predicted molar refractivity (Wildman–Crippen MR) is 526 cm³/mol. The van der Waals surface area contributed by atoms with Crippen LogP contribution in [0.15, 0.2) is 464 Å². The van der Waals surface area contributed by atoms with Crippen molar-refractivity contribution in [1.29, 1.82) is 0 Å². The average molecular weight is 1790 g/mol. The Hall–Kier alpha value is -12.1. The van der Waals surface area contributed by atoms with Crippen LogP contribution in [0.2, 0.25) is 0 Å². The Morgan fingerprint density at radius 3 is 0.927 bits per heavy atom. The topological polar surface area (TPSA) is 155 Å². The van der Waals surface area contributed by atoms with Crippen LogP contribution in [0, 0.1) is 0 Å². The number of hydrogen-bond donors (Lipinski definition) is 5. The quantitative estimate of drug-likeness (QED) is 0.0327. The van der Waals surface area contributed by atoms with Crippen molar-refractivity contribution in [2.45, 2.75) is 45.8 Å². The molecule has 618 valence electrons. The van der Waals surface area contributed by atoms with E-state index in [4.69, 9.17) is 18.9 Å². The van der Waals surface area contributed by atoms with Crippen molar-refractivity contribution in [3.8, 4) is 11.3 Å².